The molecule has 4 aliphatic carbocycles. The summed E-state index contributed by atoms with van der Waals surface area (Å²) in [5.41, 5.74) is 3.96. The van der Waals surface area contributed by atoms with Crippen molar-refractivity contribution >= 4 is 11.6 Å². The Labute approximate surface area is 223 Å². The molecule has 36 heavy (non-hydrogen) atoms. The number of ether oxygens (including phenoxy) is 4. The highest BCUT2D eigenvalue weighted by Gasteiger charge is 2.60. The van der Waals surface area contributed by atoms with E-state index in [2.05, 4.69) is 19.1 Å². The number of halogens is 1. The predicted molar refractivity (Wildman–Crippen MR) is 143 cm³/mol. The van der Waals surface area contributed by atoms with E-state index in [4.69, 9.17) is 30.5 Å². The molecule has 4 nitrogen and oxygen atoms in total. The molecule has 2 aliphatic heterocycles. The molecule has 9 atom stereocenters. The molecule has 5 heteroatoms. The van der Waals surface area contributed by atoms with Gasteiger partial charge in [-0.2, -0.15) is 0 Å². The van der Waals surface area contributed by atoms with Gasteiger partial charge in [0.1, 0.15) is 0 Å². The minimum absolute atomic E-state index is 0.00915. The van der Waals surface area contributed by atoms with Gasteiger partial charge in [0.05, 0.1) is 12.2 Å². The molecule has 6 aliphatic rings. The maximum absolute atomic E-state index is 6.69. The van der Waals surface area contributed by atoms with Crippen molar-refractivity contribution in [2.24, 2.45) is 28.6 Å². The molecule has 6 rings (SSSR count). The number of rotatable bonds is 6. The van der Waals surface area contributed by atoms with Gasteiger partial charge in [-0.3, -0.25) is 0 Å². The molecule has 2 unspecified atom stereocenters. The van der Waals surface area contributed by atoms with Crippen LogP contribution < -0.4 is 0 Å². The lowest BCUT2D eigenvalue weighted by atomic mass is 9.46. The summed E-state index contributed by atoms with van der Waals surface area (Å²) < 4.78 is 25.1. The summed E-state index contributed by atoms with van der Waals surface area (Å²) in [5, 5.41) is 0. The lowest BCUT2D eigenvalue weighted by Gasteiger charge is -2.59. The zero-order valence-electron chi connectivity index (χ0n) is 22.3. The fourth-order valence-electron chi connectivity index (χ4n) is 9.39. The third-order valence-corrected chi connectivity index (χ3v) is 11.4. The zero-order valence-corrected chi connectivity index (χ0v) is 23.1. The SMILES string of the molecule is C[C@]12CC[C@H]3[C@@H](CC=C4C[C@@H](OC5CCCCO5)CC[C@@]43CC=CCl)[C@@H]1CC[C@@H]2OC1CCCCO1. The lowest BCUT2D eigenvalue weighted by molar-refractivity contribution is -0.216. The Balaban J connectivity index is 1.19. The van der Waals surface area contributed by atoms with Crippen molar-refractivity contribution in [3.63, 3.8) is 0 Å². The first-order valence-electron chi connectivity index (χ1n) is 15.1. The molecule has 2 saturated heterocycles. The third kappa shape index (κ3) is 4.76. The fraction of sp³-hybridized carbons (Fsp3) is 0.871. The molecule has 202 valence electrons. The summed E-state index contributed by atoms with van der Waals surface area (Å²) in [4.78, 5) is 0. The lowest BCUT2D eigenvalue weighted by Crippen LogP contribution is -2.53. The fourth-order valence-corrected chi connectivity index (χ4v) is 9.48. The van der Waals surface area contributed by atoms with Gasteiger partial charge in [0.2, 0.25) is 0 Å². The minimum Gasteiger partial charge on any atom is -0.353 e. The van der Waals surface area contributed by atoms with E-state index in [-0.39, 0.29) is 23.4 Å². The zero-order chi connectivity index (χ0) is 24.6. The molecule has 0 aromatic carbocycles. The third-order valence-electron chi connectivity index (χ3n) is 11.2. The largest absolute Gasteiger partial charge is 0.353 e. The van der Waals surface area contributed by atoms with Crippen LogP contribution in [0.3, 0.4) is 0 Å². The highest BCUT2D eigenvalue weighted by molar-refractivity contribution is 6.25. The van der Waals surface area contributed by atoms with Crippen molar-refractivity contribution in [1.29, 1.82) is 0 Å². The van der Waals surface area contributed by atoms with Crippen LogP contribution in [0.25, 0.3) is 0 Å². The molecular formula is C31H47ClO4. The van der Waals surface area contributed by atoms with Crippen LogP contribution in [0, 0.1) is 28.6 Å². The first-order valence-corrected chi connectivity index (χ1v) is 15.5. The van der Waals surface area contributed by atoms with Crippen molar-refractivity contribution in [2.75, 3.05) is 13.2 Å². The van der Waals surface area contributed by atoms with E-state index in [0.717, 1.165) is 63.1 Å². The van der Waals surface area contributed by atoms with E-state index in [1.807, 2.05) is 0 Å². The van der Waals surface area contributed by atoms with Gasteiger partial charge in [0, 0.05) is 18.7 Å². The quantitative estimate of drug-likeness (QED) is 0.335. The van der Waals surface area contributed by atoms with Gasteiger partial charge in [0.25, 0.3) is 0 Å². The maximum Gasteiger partial charge on any atom is 0.157 e. The van der Waals surface area contributed by atoms with Crippen molar-refractivity contribution in [1.82, 2.24) is 0 Å². The van der Waals surface area contributed by atoms with Crippen LogP contribution in [-0.4, -0.2) is 38.0 Å². The summed E-state index contributed by atoms with van der Waals surface area (Å²) in [5.74, 6) is 2.26. The van der Waals surface area contributed by atoms with Crippen molar-refractivity contribution in [2.45, 2.75) is 128 Å². The van der Waals surface area contributed by atoms with Gasteiger partial charge in [0.15, 0.2) is 12.6 Å². The van der Waals surface area contributed by atoms with Gasteiger partial charge >= 0.3 is 0 Å². The summed E-state index contributed by atoms with van der Waals surface area (Å²) >= 11 is 6.13. The van der Waals surface area contributed by atoms with E-state index in [1.165, 1.54) is 64.2 Å². The molecule has 5 fully saturated rings. The van der Waals surface area contributed by atoms with E-state index in [0.29, 0.717) is 12.2 Å². The topological polar surface area (TPSA) is 36.9 Å². The second-order valence-electron chi connectivity index (χ2n) is 12.9. The van der Waals surface area contributed by atoms with Crippen LogP contribution in [-0.2, 0) is 18.9 Å². The van der Waals surface area contributed by atoms with Crippen molar-refractivity contribution < 1.29 is 18.9 Å². The van der Waals surface area contributed by atoms with Gasteiger partial charge in [-0.05, 0) is 125 Å². The number of allylic oxidation sites excluding steroid dienone is 2. The molecule has 0 radical (unpaired) electrons. The molecule has 0 bridgehead atoms. The Morgan fingerprint density at radius 1 is 0.917 bits per heavy atom. The molecule has 0 aromatic heterocycles. The van der Waals surface area contributed by atoms with E-state index < -0.39 is 0 Å². The first-order chi connectivity index (χ1) is 17.6. The van der Waals surface area contributed by atoms with Crippen LogP contribution in [0.5, 0.6) is 0 Å². The van der Waals surface area contributed by atoms with Crippen LogP contribution >= 0.6 is 11.6 Å². The second kappa shape index (κ2) is 11.0. The first kappa shape index (κ1) is 25.9. The Hall–Kier alpha value is -0.390. The number of fused-ring (bicyclic) bond motifs is 5. The minimum atomic E-state index is 0.00915. The maximum atomic E-state index is 6.69. The van der Waals surface area contributed by atoms with E-state index >= 15 is 0 Å². The standard InChI is InChI=1S/C31H47ClO4/c1-30-16-14-26-24(25(30)11-12-27(30)36-29-8-3-5-20-34-29)10-9-22-21-23(35-28-7-2-4-19-33-28)13-17-31(22,26)15-6-18-32/h6,9,18,23-29H,2-5,7-8,10-17,19-21H2,1H3/t23-,24-,25-,26-,27-,28?,29?,30-,31-/m0/s1. The van der Waals surface area contributed by atoms with Gasteiger partial charge in [-0.15, -0.1) is 0 Å². The van der Waals surface area contributed by atoms with Crippen LogP contribution in [0.4, 0.5) is 0 Å². The monoisotopic (exact) mass is 518 g/mol. The molecular weight excluding hydrogens is 472 g/mol. The van der Waals surface area contributed by atoms with Gasteiger partial charge in [-0.1, -0.05) is 36.2 Å². The predicted octanol–water partition coefficient (Wildman–Crippen LogP) is 7.90. The molecule has 0 aromatic rings. The normalized spacial score (nSPS) is 47.2. The van der Waals surface area contributed by atoms with Crippen molar-refractivity contribution in [3.8, 4) is 0 Å². The molecule has 2 heterocycles. The summed E-state index contributed by atoms with van der Waals surface area (Å²) in [6.07, 6.45) is 23.4. The second-order valence-corrected chi connectivity index (χ2v) is 13.2. The molecule has 0 spiro atoms. The highest BCUT2D eigenvalue weighted by Crippen LogP contribution is 2.66. The van der Waals surface area contributed by atoms with Crippen molar-refractivity contribution in [3.05, 3.63) is 23.3 Å². The Bertz CT molecular complexity index is 815. The van der Waals surface area contributed by atoms with Gasteiger partial charge in [-0.25, -0.2) is 0 Å². The summed E-state index contributed by atoms with van der Waals surface area (Å²) in [6.45, 7) is 4.27. The number of hydrogen-bond donors (Lipinski definition) is 0. The summed E-state index contributed by atoms with van der Waals surface area (Å²) in [6, 6.07) is 0. The van der Waals surface area contributed by atoms with E-state index in [9.17, 15) is 0 Å². The average Bonchev–Trinajstić information content (AvgIpc) is 3.24. The Morgan fingerprint density at radius 3 is 2.42 bits per heavy atom. The molecule has 0 N–H and O–H groups in total. The molecule has 0 amide bonds. The van der Waals surface area contributed by atoms with Crippen LogP contribution in [0.1, 0.15) is 103 Å². The number of hydrogen-bond acceptors (Lipinski definition) is 4. The molecule has 3 saturated carbocycles. The summed E-state index contributed by atoms with van der Waals surface area (Å²) in [7, 11) is 0. The van der Waals surface area contributed by atoms with E-state index in [1.54, 1.807) is 11.1 Å². The highest BCUT2D eigenvalue weighted by atomic mass is 35.5. The van der Waals surface area contributed by atoms with Gasteiger partial charge < -0.3 is 18.9 Å². The smallest absolute Gasteiger partial charge is 0.157 e. The Kier molecular flexibility index (Phi) is 7.91. The van der Waals surface area contributed by atoms with Crippen LogP contribution in [0.2, 0.25) is 0 Å². The average molecular weight is 519 g/mol. The van der Waals surface area contributed by atoms with Crippen LogP contribution in [0.15, 0.2) is 23.3 Å². The Morgan fingerprint density at radius 2 is 1.69 bits per heavy atom.